The van der Waals surface area contributed by atoms with Gasteiger partial charge < -0.3 is 14.7 Å². The van der Waals surface area contributed by atoms with Gasteiger partial charge in [-0.2, -0.15) is 0 Å². The van der Waals surface area contributed by atoms with Crippen molar-refractivity contribution in [2.45, 2.75) is 38.5 Å². The van der Waals surface area contributed by atoms with E-state index in [0.29, 0.717) is 36.9 Å². The Balaban J connectivity index is 1.45. The molecule has 8 heteroatoms. The summed E-state index contributed by atoms with van der Waals surface area (Å²) in [5, 5.41) is 10.7. The molecule has 2 aliphatic heterocycles. The molecule has 8 nitrogen and oxygen atoms in total. The minimum atomic E-state index is -0.231. The number of anilines is 1. The molecule has 4 rings (SSSR count). The Bertz CT molecular complexity index is 1060. The molecule has 0 spiro atoms. The fourth-order valence-electron chi connectivity index (χ4n) is 5.09. The van der Waals surface area contributed by atoms with E-state index in [4.69, 9.17) is 9.84 Å². The van der Waals surface area contributed by atoms with Gasteiger partial charge in [0.1, 0.15) is 0 Å². The molecule has 188 valence electrons. The van der Waals surface area contributed by atoms with Crippen LogP contribution in [0.4, 0.5) is 5.69 Å². The Morgan fingerprint density at radius 3 is 2.31 bits per heavy atom. The van der Waals surface area contributed by atoms with E-state index in [2.05, 4.69) is 9.80 Å². The molecular formula is C27H35N3O5. The predicted octanol–water partition coefficient (Wildman–Crippen LogP) is 3.06. The van der Waals surface area contributed by atoms with Gasteiger partial charge in [0, 0.05) is 73.3 Å². The third-order valence-electron chi connectivity index (χ3n) is 7.05. The summed E-state index contributed by atoms with van der Waals surface area (Å²) < 4.78 is 4.70. The lowest BCUT2D eigenvalue weighted by molar-refractivity contribution is -0.140. The molecule has 0 aliphatic carbocycles. The zero-order chi connectivity index (χ0) is 24.8. The predicted molar refractivity (Wildman–Crippen MR) is 135 cm³/mol. The van der Waals surface area contributed by atoms with Crippen LogP contribution in [0.3, 0.4) is 0 Å². The number of nitrogens with zero attached hydrogens (tertiary/aromatic N) is 3. The van der Waals surface area contributed by atoms with Crippen LogP contribution in [-0.2, 0) is 9.53 Å². The topological polar surface area (TPSA) is 90.4 Å². The minimum absolute atomic E-state index is 0.121. The molecule has 0 atom stereocenters. The summed E-state index contributed by atoms with van der Waals surface area (Å²) in [7, 11) is 1.42. The van der Waals surface area contributed by atoms with E-state index in [1.54, 1.807) is 0 Å². The van der Waals surface area contributed by atoms with Crippen LogP contribution in [0.2, 0.25) is 0 Å². The second-order valence-electron chi connectivity index (χ2n) is 9.27. The molecule has 1 N–H and O–H groups in total. The van der Waals surface area contributed by atoms with Gasteiger partial charge in [-0.1, -0.05) is 12.1 Å². The number of aliphatic hydroxyl groups is 1. The summed E-state index contributed by atoms with van der Waals surface area (Å²) in [6, 6.07) is 9.62. The van der Waals surface area contributed by atoms with Crippen molar-refractivity contribution in [1.82, 2.24) is 9.80 Å². The zero-order valence-corrected chi connectivity index (χ0v) is 20.5. The average molecular weight is 482 g/mol. The second kappa shape index (κ2) is 11.6. The Labute approximate surface area is 206 Å². The minimum Gasteiger partial charge on any atom is -0.469 e. The molecule has 35 heavy (non-hydrogen) atoms. The molecule has 2 heterocycles. The van der Waals surface area contributed by atoms with Crippen LogP contribution in [-0.4, -0.2) is 85.7 Å². The van der Waals surface area contributed by atoms with Gasteiger partial charge in [-0.05, 0) is 56.8 Å². The maximum atomic E-state index is 13.2. The van der Waals surface area contributed by atoms with Crippen molar-refractivity contribution in [3.8, 4) is 0 Å². The normalized spacial score (nSPS) is 16.3. The SMILES string of the molecule is COC(=O)CCCCN1CCN(c2ccc3c4c(cccc24)C(=O)N(CCCCCO)C3=O)CC1. The molecule has 2 amide bonds. The van der Waals surface area contributed by atoms with Crippen LogP contribution in [0.25, 0.3) is 10.8 Å². The Morgan fingerprint density at radius 1 is 0.886 bits per heavy atom. The Morgan fingerprint density at radius 2 is 1.60 bits per heavy atom. The highest BCUT2D eigenvalue weighted by atomic mass is 16.5. The number of carbonyl (C=O) groups excluding carboxylic acids is 3. The van der Waals surface area contributed by atoms with Crippen LogP contribution in [0.15, 0.2) is 30.3 Å². The van der Waals surface area contributed by atoms with Crippen LogP contribution < -0.4 is 4.90 Å². The van der Waals surface area contributed by atoms with Crippen molar-refractivity contribution in [1.29, 1.82) is 0 Å². The summed E-state index contributed by atoms with van der Waals surface area (Å²) in [5.41, 5.74) is 2.24. The molecule has 2 aromatic carbocycles. The third kappa shape index (κ3) is 5.49. The quantitative estimate of drug-likeness (QED) is 0.300. The summed E-state index contributed by atoms with van der Waals surface area (Å²) in [4.78, 5) is 43.8. The lowest BCUT2D eigenvalue weighted by atomic mass is 9.92. The number of carbonyl (C=O) groups is 3. The number of ether oxygens (including phenoxy) is 1. The Kier molecular flexibility index (Phi) is 8.36. The van der Waals surface area contributed by atoms with Crippen LogP contribution in [0.1, 0.15) is 59.2 Å². The molecule has 0 unspecified atom stereocenters. The van der Waals surface area contributed by atoms with Crippen molar-refractivity contribution >= 4 is 34.2 Å². The van der Waals surface area contributed by atoms with Crippen LogP contribution in [0.5, 0.6) is 0 Å². The molecular weight excluding hydrogens is 446 g/mol. The third-order valence-corrected chi connectivity index (χ3v) is 7.05. The van der Waals surface area contributed by atoms with E-state index in [1.165, 1.54) is 12.0 Å². The van der Waals surface area contributed by atoms with Gasteiger partial charge in [0.2, 0.25) is 0 Å². The first-order valence-corrected chi connectivity index (χ1v) is 12.6. The summed E-state index contributed by atoms with van der Waals surface area (Å²) in [5.74, 6) is -0.614. The zero-order valence-electron chi connectivity index (χ0n) is 20.5. The standard InChI is InChI=1S/C27H35N3O5/c1-35-24(32)10-3-5-13-28-15-17-29(18-16-28)23-12-11-22-25-20(23)8-7-9-21(25)26(33)30(27(22)34)14-4-2-6-19-31/h7-9,11-12,31H,2-6,10,13-19H2,1H3. The monoisotopic (exact) mass is 481 g/mol. The van der Waals surface area contributed by atoms with Crippen molar-refractivity contribution in [2.75, 3.05) is 57.9 Å². The highest BCUT2D eigenvalue weighted by Gasteiger charge is 2.33. The van der Waals surface area contributed by atoms with Gasteiger partial charge in [0.25, 0.3) is 11.8 Å². The van der Waals surface area contributed by atoms with E-state index in [9.17, 15) is 14.4 Å². The molecule has 0 bridgehead atoms. The summed E-state index contributed by atoms with van der Waals surface area (Å²) >= 11 is 0. The maximum absolute atomic E-state index is 13.2. The van der Waals surface area contributed by atoms with E-state index in [1.807, 2.05) is 30.3 Å². The van der Waals surface area contributed by atoms with Crippen LogP contribution >= 0.6 is 0 Å². The van der Waals surface area contributed by atoms with Crippen molar-refractivity contribution in [3.63, 3.8) is 0 Å². The number of methoxy groups -OCH3 is 1. The van der Waals surface area contributed by atoms with Gasteiger partial charge in [-0.15, -0.1) is 0 Å². The second-order valence-corrected chi connectivity index (χ2v) is 9.27. The highest BCUT2D eigenvalue weighted by Crippen LogP contribution is 2.36. The lowest BCUT2D eigenvalue weighted by Gasteiger charge is -2.37. The highest BCUT2D eigenvalue weighted by molar-refractivity contribution is 6.26. The first kappa shape index (κ1) is 25.1. The number of esters is 1. The molecule has 2 aliphatic rings. The van der Waals surface area contributed by atoms with Gasteiger partial charge >= 0.3 is 5.97 Å². The molecule has 0 saturated carbocycles. The number of hydrogen-bond donors (Lipinski definition) is 1. The fourth-order valence-corrected chi connectivity index (χ4v) is 5.09. The first-order valence-electron chi connectivity index (χ1n) is 12.6. The van der Waals surface area contributed by atoms with E-state index >= 15 is 0 Å². The number of amides is 2. The fraction of sp³-hybridized carbons (Fsp3) is 0.519. The van der Waals surface area contributed by atoms with E-state index in [-0.39, 0.29) is 24.4 Å². The Hall–Kier alpha value is -2.97. The number of benzene rings is 2. The van der Waals surface area contributed by atoms with Gasteiger partial charge in [-0.3, -0.25) is 24.2 Å². The largest absolute Gasteiger partial charge is 0.469 e. The maximum Gasteiger partial charge on any atom is 0.305 e. The summed E-state index contributed by atoms with van der Waals surface area (Å²) in [6.07, 6.45) is 4.41. The number of rotatable bonds is 11. The van der Waals surface area contributed by atoms with E-state index in [0.717, 1.165) is 68.4 Å². The van der Waals surface area contributed by atoms with Gasteiger partial charge in [0.15, 0.2) is 0 Å². The number of hydrogen-bond acceptors (Lipinski definition) is 7. The first-order chi connectivity index (χ1) is 17.0. The molecule has 2 aromatic rings. The smallest absolute Gasteiger partial charge is 0.305 e. The number of aliphatic hydroxyl groups excluding tert-OH is 1. The van der Waals surface area contributed by atoms with Crippen molar-refractivity contribution < 1.29 is 24.2 Å². The molecule has 1 saturated heterocycles. The summed E-state index contributed by atoms with van der Waals surface area (Å²) in [6.45, 7) is 5.06. The molecule has 1 fully saturated rings. The molecule has 0 aromatic heterocycles. The average Bonchev–Trinajstić information content (AvgIpc) is 2.89. The number of unbranched alkanes of at least 4 members (excludes halogenated alkanes) is 3. The van der Waals surface area contributed by atoms with Crippen LogP contribution in [0, 0.1) is 0 Å². The molecule has 0 radical (unpaired) electrons. The van der Waals surface area contributed by atoms with E-state index < -0.39 is 0 Å². The number of piperazine rings is 1. The van der Waals surface area contributed by atoms with Crippen molar-refractivity contribution in [2.24, 2.45) is 0 Å². The van der Waals surface area contributed by atoms with Crippen molar-refractivity contribution in [3.05, 3.63) is 41.5 Å². The number of imide groups is 1. The van der Waals surface area contributed by atoms with Gasteiger partial charge in [0.05, 0.1) is 7.11 Å². The van der Waals surface area contributed by atoms with Gasteiger partial charge in [-0.25, -0.2) is 0 Å². The lowest BCUT2D eigenvalue weighted by Crippen LogP contribution is -2.47.